The molecule has 1 aromatic rings. The molecule has 0 spiro atoms. The lowest BCUT2D eigenvalue weighted by Gasteiger charge is -2.05. The van der Waals surface area contributed by atoms with Gasteiger partial charge in [0.25, 0.3) is 0 Å². The lowest BCUT2D eigenvalue weighted by Crippen LogP contribution is -2.19. The first kappa shape index (κ1) is 13.3. The Labute approximate surface area is 96.2 Å². The Morgan fingerprint density at radius 1 is 1.53 bits per heavy atom. The zero-order chi connectivity index (χ0) is 13.1. The van der Waals surface area contributed by atoms with Gasteiger partial charge in [0.1, 0.15) is 5.69 Å². The average Bonchev–Trinajstić information content (AvgIpc) is 2.16. The van der Waals surface area contributed by atoms with Crippen LogP contribution in [0.3, 0.4) is 0 Å². The summed E-state index contributed by atoms with van der Waals surface area (Å²) in [7, 11) is -2.74. The molecule has 0 aromatic carbocycles. The third-order valence-electron chi connectivity index (χ3n) is 1.69. The molecule has 0 aliphatic heterocycles. The van der Waals surface area contributed by atoms with Crippen LogP contribution in [0.2, 0.25) is 0 Å². The summed E-state index contributed by atoms with van der Waals surface area (Å²) in [6.07, 6.45) is -0.789. The Kier molecular flexibility index (Phi) is 3.63. The van der Waals surface area contributed by atoms with Gasteiger partial charge in [-0.1, -0.05) is 6.07 Å². The van der Waals surface area contributed by atoms with E-state index >= 15 is 0 Å². The number of pyridine rings is 1. The van der Waals surface area contributed by atoms with Crippen molar-refractivity contribution < 1.29 is 17.4 Å². The third kappa shape index (κ3) is 3.96. The van der Waals surface area contributed by atoms with E-state index in [9.17, 15) is 17.4 Å². The van der Waals surface area contributed by atoms with Crippen LogP contribution in [-0.4, -0.2) is 20.8 Å². The molecule has 1 aromatic heterocycles. The van der Waals surface area contributed by atoms with Gasteiger partial charge in [0.05, 0.1) is 9.71 Å². The number of nitrogens with zero attached hydrogens (tertiary/aromatic N) is 2. The van der Waals surface area contributed by atoms with Gasteiger partial charge in [-0.2, -0.15) is 18.4 Å². The van der Waals surface area contributed by atoms with Crippen LogP contribution in [0.15, 0.2) is 18.3 Å². The van der Waals surface area contributed by atoms with E-state index < -0.39 is 21.6 Å². The van der Waals surface area contributed by atoms with Gasteiger partial charge in [0.2, 0.25) is 0 Å². The number of nitriles is 1. The maximum atomic E-state index is 12.2. The number of hydrogen-bond donors (Lipinski definition) is 1. The first-order valence-corrected chi connectivity index (χ1v) is 6.30. The number of alkyl halides is 3. The molecule has 0 saturated carbocycles. The molecule has 0 aliphatic carbocycles. The molecule has 1 N–H and O–H groups in total. The topological polar surface area (TPSA) is 65.8 Å². The van der Waals surface area contributed by atoms with Gasteiger partial charge in [-0.15, -0.1) is 0 Å². The number of aromatic nitrogens is 1. The van der Waals surface area contributed by atoms with Crippen LogP contribution < -0.4 is 4.72 Å². The zero-order valence-electron chi connectivity index (χ0n) is 8.65. The van der Waals surface area contributed by atoms with E-state index in [1.807, 2.05) is 4.72 Å². The van der Waals surface area contributed by atoms with Crippen LogP contribution in [0.4, 0.5) is 13.2 Å². The number of hydrogen-bond acceptors (Lipinski definition) is 3. The minimum absolute atomic E-state index is 0.244. The van der Waals surface area contributed by atoms with Gasteiger partial charge in [0.15, 0.2) is 6.19 Å². The van der Waals surface area contributed by atoms with Crippen LogP contribution in [0.25, 0.3) is 0 Å². The van der Waals surface area contributed by atoms with E-state index in [1.54, 1.807) is 0 Å². The van der Waals surface area contributed by atoms with E-state index in [0.29, 0.717) is 0 Å². The first-order chi connectivity index (χ1) is 7.74. The lowest BCUT2D eigenvalue weighted by molar-refractivity contribution is -0.141. The van der Waals surface area contributed by atoms with Crippen molar-refractivity contribution in [2.24, 2.45) is 0 Å². The zero-order valence-corrected chi connectivity index (χ0v) is 9.47. The SMILES string of the molecule is CS(=O)(=Cc1ccc(C(F)(F)F)nc1)NC#N. The van der Waals surface area contributed by atoms with Crippen molar-refractivity contribution in [1.82, 2.24) is 9.71 Å². The van der Waals surface area contributed by atoms with Gasteiger partial charge in [-0.05, 0) is 6.07 Å². The fourth-order valence-electron chi connectivity index (χ4n) is 1.02. The monoisotopic (exact) mass is 263 g/mol. The van der Waals surface area contributed by atoms with E-state index in [4.69, 9.17) is 5.26 Å². The maximum absolute atomic E-state index is 12.2. The lowest BCUT2D eigenvalue weighted by atomic mass is 10.3. The molecule has 0 radical (unpaired) electrons. The number of rotatable bonds is 2. The quantitative estimate of drug-likeness (QED) is 0.494. The predicted octanol–water partition coefficient (Wildman–Crippen LogP) is 1.15. The van der Waals surface area contributed by atoms with Crippen molar-refractivity contribution in [3.63, 3.8) is 0 Å². The molecule has 8 heteroatoms. The van der Waals surface area contributed by atoms with Crippen molar-refractivity contribution in [3.05, 3.63) is 29.6 Å². The Balaban J connectivity index is 3.06. The molecule has 0 bridgehead atoms. The standard InChI is InChI=1S/C9H8F3N3OS/c1-17(16,15-6-13)5-7-2-3-8(14-4-7)9(10,11)12/h2-5H,1H3,(H,15,16). The van der Waals surface area contributed by atoms with Crippen LogP contribution in [0.1, 0.15) is 11.3 Å². The summed E-state index contributed by atoms with van der Waals surface area (Å²) in [6.45, 7) is 0. The van der Waals surface area contributed by atoms with Crippen LogP contribution in [0, 0.1) is 11.5 Å². The van der Waals surface area contributed by atoms with Crippen molar-refractivity contribution >= 4 is 15.1 Å². The largest absolute Gasteiger partial charge is 0.433 e. The molecule has 1 heterocycles. The molecule has 1 atom stereocenters. The summed E-state index contributed by atoms with van der Waals surface area (Å²) in [5.41, 5.74) is -0.779. The van der Waals surface area contributed by atoms with E-state index in [2.05, 4.69) is 4.98 Å². The minimum Gasteiger partial charge on any atom is -0.251 e. The second-order valence-corrected chi connectivity index (χ2v) is 5.46. The molecule has 1 unspecified atom stereocenters. The van der Waals surface area contributed by atoms with Crippen molar-refractivity contribution in [3.8, 4) is 6.19 Å². The Morgan fingerprint density at radius 3 is 2.59 bits per heavy atom. The fourth-order valence-corrected chi connectivity index (χ4v) is 1.92. The maximum Gasteiger partial charge on any atom is 0.433 e. The van der Waals surface area contributed by atoms with Crippen molar-refractivity contribution in [1.29, 1.82) is 5.26 Å². The van der Waals surface area contributed by atoms with Gasteiger partial charge >= 0.3 is 6.18 Å². The summed E-state index contributed by atoms with van der Waals surface area (Å²) in [4.78, 5) is 3.20. The van der Waals surface area contributed by atoms with Crippen LogP contribution in [0.5, 0.6) is 0 Å². The van der Waals surface area contributed by atoms with Crippen molar-refractivity contribution in [2.45, 2.75) is 6.18 Å². The van der Waals surface area contributed by atoms with E-state index in [-0.39, 0.29) is 5.56 Å². The van der Waals surface area contributed by atoms with Crippen molar-refractivity contribution in [2.75, 3.05) is 6.26 Å². The number of nitrogens with one attached hydrogen (secondary N) is 1. The summed E-state index contributed by atoms with van der Waals surface area (Å²) in [6, 6.07) is 1.92. The molecule has 0 fully saturated rings. The highest BCUT2D eigenvalue weighted by atomic mass is 32.2. The summed E-state index contributed by atoms with van der Waals surface area (Å²) in [5.74, 6) is 0. The third-order valence-corrected chi connectivity index (χ3v) is 2.90. The second kappa shape index (κ2) is 4.63. The number of halogens is 3. The molecular weight excluding hydrogens is 255 g/mol. The Bertz CT molecular complexity index is 550. The summed E-state index contributed by atoms with van der Waals surface area (Å²) in [5, 5.41) is 9.46. The molecule has 0 amide bonds. The minimum atomic E-state index is -4.50. The summed E-state index contributed by atoms with van der Waals surface area (Å²) >= 11 is 0. The highest BCUT2D eigenvalue weighted by molar-refractivity contribution is 7.99. The van der Waals surface area contributed by atoms with Crippen LogP contribution >= 0.6 is 0 Å². The first-order valence-electron chi connectivity index (χ1n) is 4.28. The highest BCUT2D eigenvalue weighted by Crippen LogP contribution is 2.26. The molecule has 17 heavy (non-hydrogen) atoms. The average molecular weight is 263 g/mol. The van der Waals surface area contributed by atoms with E-state index in [1.165, 1.54) is 12.4 Å². The van der Waals surface area contributed by atoms with Crippen LogP contribution in [-0.2, 0) is 15.9 Å². The van der Waals surface area contributed by atoms with Gasteiger partial charge in [-0.25, -0.2) is 8.93 Å². The normalized spacial score (nSPS) is 14.5. The molecule has 0 saturated heterocycles. The smallest absolute Gasteiger partial charge is 0.251 e. The summed E-state index contributed by atoms with van der Waals surface area (Å²) < 4.78 is 50.2. The molecule has 4 nitrogen and oxygen atoms in total. The molecule has 0 aliphatic rings. The Morgan fingerprint density at radius 2 is 2.18 bits per heavy atom. The predicted molar refractivity (Wildman–Crippen MR) is 57.2 cm³/mol. The van der Waals surface area contributed by atoms with Gasteiger partial charge in [0, 0.05) is 23.4 Å². The fraction of sp³-hybridized carbons (Fsp3) is 0.222. The molecule has 92 valence electrons. The molecule has 1 rings (SSSR count). The molecular formula is C9H8F3N3OS. The van der Waals surface area contributed by atoms with Gasteiger partial charge in [-0.3, -0.25) is 4.98 Å². The van der Waals surface area contributed by atoms with Gasteiger partial charge < -0.3 is 0 Å². The second-order valence-electron chi connectivity index (χ2n) is 3.21. The van der Waals surface area contributed by atoms with E-state index in [0.717, 1.165) is 23.7 Å². The highest BCUT2D eigenvalue weighted by Gasteiger charge is 2.31. The Hall–Kier alpha value is -1.75.